The van der Waals surface area contributed by atoms with E-state index in [0.717, 1.165) is 44.3 Å². The molecule has 4 N–H and O–H groups in total. The number of nitrogens with one attached hydrogen (secondary N) is 1. The van der Waals surface area contributed by atoms with E-state index < -0.39 is 29.8 Å². The number of epoxide rings is 1. The van der Waals surface area contributed by atoms with Gasteiger partial charge in [0.25, 0.3) is 0 Å². The number of likely N-dealkylation sites (tertiary alicyclic amines) is 1. The number of nitrogens with zero attached hydrogens (tertiary/aromatic N) is 1. The van der Waals surface area contributed by atoms with E-state index in [1.807, 2.05) is 26.0 Å². The van der Waals surface area contributed by atoms with Gasteiger partial charge in [-0.05, 0) is 64.9 Å². The van der Waals surface area contributed by atoms with Crippen LogP contribution in [0.4, 0.5) is 4.79 Å². The first-order valence-electron chi connectivity index (χ1n) is 15.7. The van der Waals surface area contributed by atoms with Crippen molar-refractivity contribution < 1.29 is 38.4 Å². The second-order valence-electron chi connectivity index (χ2n) is 12.6. The highest BCUT2D eigenvalue weighted by molar-refractivity contribution is 5.87. The first-order valence-corrected chi connectivity index (χ1v) is 15.7. The predicted octanol–water partition coefficient (Wildman–Crippen LogP) is 2.91. The summed E-state index contributed by atoms with van der Waals surface area (Å²) < 4.78 is 23.2. The van der Waals surface area contributed by atoms with Crippen LogP contribution in [0.2, 0.25) is 0 Å². The maximum absolute atomic E-state index is 12.6. The summed E-state index contributed by atoms with van der Waals surface area (Å²) in [6, 6.07) is -0.130. The van der Waals surface area contributed by atoms with Gasteiger partial charge < -0.3 is 40.0 Å². The zero-order valence-corrected chi connectivity index (χ0v) is 25.9. The van der Waals surface area contributed by atoms with Gasteiger partial charge in [0.1, 0.15) is 23.9 Å². The van der Waals surface area contributed by atoms with E-state index in [1.165, 1.54) is 6.08 Å². The van der Waals surface area contributed by atoms with Gasteiger partial charge in [0, 0.05) is 25.6 Å². The molecule has 0 saturated carbocycles. The largest absolute Gasteiger partial charge is 0.442 e. The molecule has 1 spiro atoms. The lowest BCUT2D eigenvalue weighted by molar-refractivity contribution is -0.143. The minimum atomic E-state index is -0.803. The standard InChI is InChI=1S/C32H49N3O8/c1-20(9-12-27-30(38)32(19-40-32)18-24(43-27)17-28(33)36)8-11-26-21(2)16-25(23(4)42-26)34-29(37)13-10-22(3)41-31(39)35-14-6-5-7-15-35/h8-10,12-13,21-27,30,38H,5-7,11,14-19H2,1-4H3,(H2,33,36)(H,34,37)/b12-9+,13-10-,20-8+/t21-,22-,23+,24+,25+,26-,27+,30+,32+/m0/s1. The van der Waals surface area contributed by atoms with Crippen LogP contribution in [-0.4, -0.2) is 95.9 Å². The Morgan fingerprint density at radius 3 is 2.56 bits per heavy atom. The molecule has 11 heteroatoms. The van der Waals surface area contributed by atoms with Crippen molar-refractivity contribution >= 4 is 17.9 Å². The fourth-order valence-electron chi connectivity index (χ4n) is 6.16. The van der Waals surface area contributed by atoms with Gasteiger partial charge in [-0.15, -0.1) is 0 Å². The molecule has 11 nitrogen and oxygen atoms in total. The van der Waals surface area contributed by atoms with Crippen molar-refractivity contribution in [1.82, 2.24) is 10.2 Å². The average Bonchev–Trinajstić information content (AvgIpc) is 3.74. The van der Waals surface area contributed by atoms with E-state index in [1.54, 1.807) is 17.9 Å². The van der Waals surface area contributed by atoms with Gasteiger partial charge in [0.15, 0.2) is 0 Å². The molecular formula is C32H49N3O8. The summed E-state index contributed by atoms with van der Waals surface area (Å²) in [7, 11) is 0. The molecule has 0 aromatic carbocycles. The second-order valence-corrected chi connectivity index (χ2v) is 12.6. The number of carbonyl (C=O) groups is 3. The highest BCUT2D eigenvalue weighted by Crippen LogP contribution is 2.43. The molecular weight excluding hydrogens is 554 g/mol. The third-order valence-electron chi connectivity index (χ3n) is 8.90. The molecule has 3 amide bonds. The van der Waals surface area contributed by atoms with Crippen LogP contribution in [0.25, 0.3) is 0 Å². The van der Waals surface area contributed by atoms with Crippen molar-refractivity contribution in [3.63, 3.8) is 0 Å². The van der Waals surface area contributed by atoms with Crippen molar-refractivity contribution in [1.29, 1.82) is 0 Å². The van der Waals surface area contributed by atoms with Gasteiger partial charge in [-0.2, -0.15) is 0 Å². The summed E-state index contributed by atoms with van der Waals surface area (Å²) in [5.41, 5.74) is 5.71. The molecule has 4 fully saturated rings. The van der Waals surface area contributed by atoms with Gasteiger partial charge in [-0.3, -0.25) is 9.59 Å². The molecule has 4 aliphatic heterocycles. The van der Waals surface area contributed by atoms with E-state index in [2.05, 4.69) is 18.3 Å². The number of primary amides is 1. The quantitative estimate of drug-likeness (QED) is 0.196. The number of allylic oxidation sites excluding steroid dienone is 2. The maximum Gasteiger partial charge on any atom is 0.410 e. The van der Waals surface area contributed by atoms with Crippen LogP contribution >= 0.6 is 0 Å². The van der Waals surface area contributed by atoms with Gasteiger partial charge in [0.2, 0.25) is 11.8 Å². The van der Waals surface area contributed by atoms with Crippen LogP contribution < -0.4 is 11.1 Å². The predicted molar refractivity (Wildman–Crippen MR) is 160 cm³/mol. The topological polar surface area (TPSA) is 153 Å². The van der Waals surface area contributed by atoms with E-state index in [9.17, 15) is 19.5 Å². The van der Waals surface area contributed by atoms with Crippen molar-refractivity contribution in [3.05, 3.63) is 36.0 Å². The number of nitrogens with two attached hydrogens (primary N) is 1. The third kappa shape index (κ3) is 9.38. The molecule has 43 heavy (non-hydrogen) atoms. The van der Waals surface area contributed by atoms with Crippen LogP contribution in [-0.2, 0) is 28.5 Å². The molecule has 240 valence electrons. The van der Waals surface area contributed by atoms with Crippen LogP contribution in [0, 0.1) is 5.92 Å². The summed E-state index contributed by atoms with van der Waals surface area (Å²) in [6.07, 6.45) is 11.2. The third-order valence-corrected chi connectivity index (χ3v) is 8.90. The molecule has 0 radical (unpaired) electrons. The number of piperidine rings is 1. The molecule has 0 bridgehead atoms. The van der Waals surface area contributed by atoms with Crippen molar-refractivity contribution in [2.45, 2.75) is 121 Å². The maximum atomic E-state index is 12.6. The van der Waals surface area contributed by atoms with Crippen LogP contribution in [0.15, 0.2) is 36.0 Å². The molecule has 4 heterocycles. The summed E-state index contributed by atoms with van der Waals surface area (Å²) >= 11 is 0. The molecule has 4 rings (SSSR count). The molecule has 4 aliphatic rings. The first-order chi connectivity index (χ1) is 20.5. The Morgan fingerprint density at radius 1 is 1.16 bits per heavy atom. The Morgan fingerprint density at radius 2 is 1.88 bits per heavy atom. The van der Waals surface area contributed by atoms with Crippen molar-refractivity contribution in [2.24, 2.45) is 11.7 Å². The van der Waals surface area contributed by atoms with Crippen LogP contribution in [0.5, 0.6) is 0 Å². The second kappa shape index (κ2) is 14.8. The number of rotatable bonds is 10. The van der Waals surface area contributed by atoms with Gasteiger partial charge in [0.05, 0.1) is 37.4 Å². The molecule has 0 aromatic rings. The number of amides is 3. The monoisotopic (exact) mass is 603 g/mol. The molecule has 0 unspecified atom stereocenters. The minimum Gasteiger partial charge on any atom is -0.442 e. The van der Waals surface area contributed by atoms with E-state index >= 15 is 0 Å². The first kappa shape index (κ1) is 33.2. The summed E-state index contributed by atoms with van der Waals surface area (Å²) in [6.45, 7) is 9.70. The Labute approximate surface area is 254 Å². The molecule has 9 atom stereocenters. The van der Waals surface area contributed by atoms with Crippen molar-refractivity contribution in [2.75, 3.05) is 19.7 Å². The Bertz CT molecular complexity index is 1080. The minimum absolute atomic E-state index is 0.00383. The smallest absolute Gasteiger partial charge is 0.410 e. The molecule has 0 aromatic heterocycles. The molecule has 0 aliphatic carbocycles. The normalized spacial score (nSPS) is 35.7. The van der Waals surface area contributed by atoms with Gasteiger partial charge in [-0.1, -0.05) is 30.7 Å². The van der Waals surface area contributed by atoms with Gasteiger partial charge >= 0.3 is 6.09 Å². The zero-order valence-electron chi connectivity index (χ0n) is 25.9. The zero-order chi connectivity index (χ0) is 31.1. The number of hydrogen-bond acceptors (Lipinski definition) is 8. The van der Waals surface area contributed by atoms with Crippen LogP contribution in [0.1, 0.15) is 72.6 Å². The van der Waals surface area contributed by atoms with E-state index in [4.69, 9.17) is 24.7 Å². The highest BCUT2D eigenvalue weighted by Gasteiger charge is 2.58. The number of carbonyl (C=O) groups excluding carboxylic acids is 3. The number of ether oxygens (including phenoxy) is 4. The lowest BCUT2D eigenvalue weighted by Crippen LogP contribution is -2.50. The van der Waals surface area contributed by atoms with E-state index in [0.29, 0.717) is 19.4 Å². The van der Waals surface area contributed by atoms with E-state index in [-0.39, 0.29) is 48.7 Å². The highest BCUT2D eigenvalue weighted by atomic mass is 16.6. The summed E-state index contributed by atoms with van der Waals surface area (Å²) in [4.78, 5) is 38.0. The van der Waals surface area contributed by atoms with Crippen molar-refractivity contribution in [3.8, 4) is 0 Å². The number of aliphatic hydroxyl groups excluding tert-OH is 1. The Hall–Kier alpha value is -2.73. The van der Waals surface area contributed by atoms with Gasteiger partial charge in [-0.25, -0.2) is 4.79 Å². The Kier molecular flexibility index (Phi) is 11.4. The summed E-state index contributed by atoms with van der Waals surface area (Å²) in [5.74, 6) is -0.463. The molecule has 4 saturated heterocycles. The lowest BCUT2D eigenvalue weighted by atomic mass is 9.87. The number of hydrogen-bond donors (Lipinski definition) is 3. The Balaban J connectivity index is 1.21. The van der Waals surface area contributed by atoms with Crippen LogP contribution in [0.3, 0.4) is 0 Å². The SMILES string of the molecule is CC(/C=C/[C@H]1O[C@H](CC(N)=O)C[C@@]2(CO2)[C@@H]1O)=C\C[C@@H]1O[C@H](C)[C@H](NC(=O)/C=C\[C@H](C)OC(=O)N2CCCCC2)C[C@@H]1C. The summed E-state index contributed by atoms with van der Waals surface area (Å²) in [5, 5.41) is 13.8. The fourth-order valence-corrected chi connectivity index (χ4v) is 6.16. The fraction of sp³-hybridized carbons (Fsp3) is 0.719. The lowest BCUT2D eigenvalue weighted by Gasteiger charge is -2.39. The number of aliphatic hydroxyl groups is 1. The average molecular weight is 604 g/mol.